The van der Waals surface area contributed by atoms with Crippen LogP contribution in [-0.4, -0.2) is 37.1 Å². The molecule has 90 valence electrons. The highest BCUT2D eigenvalue weighted by molar-refractivity contribution is 7.07. The van der Waals surface area contributed by atoms with Crippen LogP contribution in [0.3, 0.4) is 0 Å². The van der Waals surface area contributed by atoms with Crippen molar-refractivity contribution in [3.05, 3.63) is 22.4 Å². The summed E-state index contributed by atoms with van der Waals surface area (Å²) in [5, 5.41) is 4.39. The molecule has 0 aliphatic carbocycles. The molecule has 0 aromatic carbocycles. The lowest BCUT2D eigenvalue weighted by Gasteiger charge is -2.36. The van der Waals surface area contributed by atoms with E-state index in [1.165, 1.54) is 5.56 Å². The van der Waals surface area contributed by atoms with Crippen LogP contribution in [0.15, 0.2) is 16.8 Å². The van der Waals surface area contributed by atoms with Crippen molar-refractivity contribution in [1.82, 2.24) is 4.90 Å². The molecule has 1 aromatic rings. The van der Waals surface area contributed by atoms with Crippen molar-refractivity contribution in [3.8, 4) is 0 Å². The van der Waals surface area contributed by atoms with Crippen molar-refractivity contribution in [2.75, 3.05) is 26.2 Å². The van der Waals surface area contributed by atoms with Crippen molar-refractivity contribution in [2.45, 2.75) is 18.9 Å². The fourth-order valence-corrected chi connectivity index (χ4v) is 3.29. The predicted octanol–water partition coefficient (Wildman–Crippen LogP) is 0.899. The molecule has 0 radical (unpaired) electrons. The van der Waals surface area contributed by atoms with Crippen molar-refractivity contribution in [2.24, 2.45) is 17.4 Å². The van der Waals surface area contributed by atoms with Crippen LogP contribution >= 0.6 is 11.3 Å². The van der Waals surface area contributed by atoms with E-state index >= 15 is 0 Å². The minimum Gasteiger partial charge on any atom is -0.329 e. The number of likely N-dealkylation sites (tertiary alicyclic amines) is 1. The minimum atomic E-state index is 0.323. The number of nitrogens with zero attached hydrogens (tertiary/aromatic N) is 1. The van der Waals surface area contributed by atoms with Gasteiger partial charge in [-0.3, -0.25) is 0 Å². The Morgan fingerprint density at radius 3 is 3.00 bits per heavy atom. The quantitative estimate of drug-likeness (QED) is 0.821. The molecule has 4 N–H and O–H groups in total. The number of rotatable bonds is 4. The number of piperidine rings is 1. The molecule has 1 aliphatic heterocycles. The lowest BCUT2D eigenvalue weighted by Crippen LogP contribution is -2.48. The summed E-state index contributed by atoms with van der Waals surface area (Å²) in [7, 11) is 0. The zero-order chi connectivity index (χ0) is 11.4. The smallest absolute Gasteiger partial charge is 0.0171 e. The van der Waals surface area contributed by atoms with E-state index in [0.29, 0.717) is 12.0 Å². The number of nitrogens with two attached hydrogens (primary N) is 2. The van der Waals surface area contributed by atoms with Gasteiger partial charge in [0.15, 0.2) is 0 Å². The van der Waals surface area contributed by atoms with Gasteiger partial charge in [0, 0.05) is 32.2 Å². The SMILES string of the molecule is NCCN1CC(N)CC(Cc2ccsc2)C1. The van der Waals surface area contributed by atoms with Crippen LogP contribution in [0.5, 0.6) is 0 Å². The maximum atomic E-state index is 6.09. The summed E-state index contributed by atoms with van der Waals surface area (Å²) in [6.07, 6.45) is 2.31. The number of hydrogen-bond acceptors (Lipinski definition) is 4. The normalized spacial score (nSPS) is 27.1. The molecule has 2 heterocycles. The average Bonchev–Trinajstić information content (AvgIpc) is 2.70. The third kappa shape index (κ3) is 3.28. The molecular formula is C12H21N3S. The first kappa shape index (κ1) is 12.0. The highest BCUT2D eigenvalue weighted by atomic mass is 32.1. The van der Waals surface area contributed by atoms with E-state index in [1.54, 1.807) is 11.3 Å². The first-order valence-corrected chi connectivity index (χ1v) is 6.91. The summed E-state index contributed by atoms with van der Waals surface area (Å²) in [6.45, 7) is 3.88. The van der Waals surface area contributed by atoms with Crippen LogP contribution in [-0.2, 0) is 6.42 Å². The summed E-state index contributed by atoms with van der Waals surface area (Å²) in [5.74, 6) is 0.699. The largest absolute Gasteiger partial charge is 0.329 e. The van der Waals surface area contributed by atoms with Crippen LogP contribution in [0.25, 0.3) is 0 Å². The zero-order valence-corrected chi connectivity index (χ0v) is 10.5. The highest BCUT2D eigenvalue weighted by Crippen LogP contribution is 2.21. The maximum absolute atomic E-state index is 6.09. The van der Waals surface area contributed by atoms with Crippen LogP contribution < -0.4 is 11.5 Å². The monoisotopic (exact) mass is 239 g/mol. The molecule has 1 fully saturated rings. The molecule has 0 saturated carbocycles. The van der Waals surface area contributed by atoms with E-state index in [1.807, 2.05) is 0 Å². The van der Waals surface area contributed by atoms with Crippen LogP contribution in [0.1, 0.15) is 12.0 Å². The van der Waals surface area contributed by atoms with E-state index in [9.17, 15) is 0 Å². The van der Waals surface area contributed by atoms with Gasteiger partial charge in [0.2, 0.25) is 0 Å². The zero-order valence-electron chi connectivity index (χ0n) is 9.64. The minimum absolute atomic E-state index is 0.323. The Morgan fingerprint density at radius 2 is 2.31 bits per heavy atom. The molecule has 2 rings (SSSR count). The summed E-state index contributed by atoms with van der Waals surface area (Å²) in [5.41, 5.74) is 13.2. The molecule has 0 spiro atoms. The Hall–Kier alpha value is -0.420. The van der Waals surface area contributed by atoms with Gasteiger partial charge in [-0.1, -0.05) is 0 Å². The topological polar surface area (TPSA) is 55.3 Å². The third-order valence-electron chi connectivity index (χ3n) is 3.19. The van der Waals surface area contributed by atoms with Gasteiger partial charge in [0.1, 0.15) is 0 Å². The van der Waals surface area contributed by atoms with Crippen molar-refractivity contribution in [1.29, 1.82) is 0 Å². The van der Waals surface area contributed by atoms with Crippen molar-refractivity contribution in [3.63, 3.8) is 0 Å². The van der Waals surface area contributed by atoms with E-state index < -0.39 is 0 Å². The second-order valence-corrected chi connectivity index (χ2v) is 5.53. The molecule has 1 aliphatic rings. The van der Waals surface area contributed by atoms with Crippen LogP contribution in [0.4, 0.5) is 0 Å². The van der Waals surface area contributed by atoms with Crippen molar-refractivity contribution >= 4 is 11.3 Å². The molecule has 0 amide bonds. The van der Waals surface area contributed by atoms with Gasteiger partial charge in [-0.2, -0.15) is 11.3 Å². The molecule has 2 atom stereocenters. The van der Waals surface area contributed by atoms with Gasteiger partial charge in [-0.05, 0) is 41.1 Å². The Morgan fingerprint density at radius 1 is 1.44 bits per heavy atom. The second kappa shape index (κ2) is 5.77. The first-order chi connectivity index (χ1) is 7.78. The van der Waals surface area contributed by atoms with Gasteiger partial charge >= 0.3 is 0 Å². The van der Waals surface area contributed by atoms with Gasteiger partial charge in [-0.15, -0.1) is 0 Å². The number of hydrogen-bond donors (Lipinski definition) is 2. The maximum Gasteiger partial charge on any atom is 0.0171 e. The fraction of sp³-hybridized carbons (Fsp3) is 0.667. The molecular weight excluding hydrogens is 218 g/mol. The van der Waals surface area contributed by atoms with Gasteiger partial charge in [0.05, 0.1) is 0 Å². The van der Waals surface area contributed by atoms with E-state index in [-0.39, 0.29) is 0 Å². The summed E-state index contributed by atoms with van der Waals surface area (Å²) < 4.78 is 0. The standard InChI is InChI=1S/C12H21N3S/c13-2-3-15-7-11(6-12(14)8-15)5-10-1-4-16-9-10/h1,4,9,11-12H,2-3,5-8,13-14H2. The van der Waals surface area contributed by atoms with Crippen molar-refractivity contribution < 1.29 is 0 Å². The van der Waals surface area contributed by atoms with Crippen LogP contribution in [0.2, 0.25) is 0 Å². The molecule has 2 unspecified atom stereocenters. The highest BCUT2D eigenvalue weighted by Gasteiger charge is 2.24. The van der Waals surface area contributed by atoms with Crippen LogP contribution in [0, 0.1) is 5.92 Å². The number of thiophene rings is 1. The lowest BCUT2D eigenvalue weighted by atomic mass is 9.90. The summed E-state index contributed by atoms with van der Waals surface area (Å²) >= 11 is 1.78. The van der Waals surface area contributed by atoms with E-state index in [2.05, 4.69) is 21.7 Å². The lowest BCUT2D eigenvalue weighted by molar-refractivity contribution is 0.160. The molecule has 1 aromatic heterocycles. The summed E-state index contributed by atoms with van der Waals surface area (Å²) in [6, 6.07) is 2.54. The Bertz CT molecular complexity index is 299. The fourth-order valence-electron chi connectivity index (χ4n) is 2.60. The Labute approximate surface area is 101 Å². The average molecular weight is 239 g/mol. The van der Waals surface area contributed by atoms with E-state index in [0.717, 1.165) is 39.0 Å². The molecule has 3 nitrogen and oxygen atoms in total. The Kier molecular flexibility index (Phi) is 4.35. The van der Waals surface area contributed by atoms with Gasteiger partial charge in [0.25, 0.3) is 0 Å². The second-order valence-electron chi connectivity index (χ2n) is 4.75. The Balaban J connectivity index is 1.89. The predicted molar refractivity (Wildman–Crippen MR) is 69.6 cm³/mol. The van der Waals surface area contributed by atoms with E-state index in [4.69, 9.17) is 11.5 Å². The molecule has 4 heteroatoms. The molecule has 1 saturated heterocycles. The first-order valence-electron chi connectivity index (χ1n) is 5.97. The van der Waals surface area contributed by atoms with Gasteiger partial charge in [-0.25, -0.2) is 0 Å². The third-order valence-corrected chi connectivity index (χ3v) is 3.93. The summed E-state index contributed by atoms with van der Waals surface area (Å²) in [4.78, 5) is 2.41. The molecule has 16 heavy (non-hydrogen) atoms. The van der Waals surface area contributed by atoms with Gasteiger partial charge < -0.3 is 16.4 Å². The molecule has 0 bridgehead atoms.